The average Bonchev–Trinajstić information content (AvgIpc) is 2.91. The highest BCUT2D eigenvalue weighted by molar-refractivity contribution is 5.94. The van der Waals surface area contributed by atoms with Crippen LogP contribution >= 0.6 is 0 Å². The van der Waals surface area contributed by atoms with Gasteiger partial charge in [-0.15, -0.1) is 10.2 Å². The molecule has 21 heavy (non-hydrogen) atoms. The minimum Gasteiger partial charge on any atom is -0.384 e. The first-order valence-corrected chi connectivity index (χ1v) is 6.51. The number of amides is 1. The third-order valence-corrected chi connectivity index (χ3v) is 2.88. The number of carbonyl (C=O) groups excluding carboxylic acids is 1. The zero-order valence-corrected chi connectivity index (χ0v) is 11.7. The SMILES string of the molecule is Cn1cnnc1CCNC(=O)c1cccc(C#CCO)c1. The van der Waals surface area contributed by atoms with E-state index in [9.17, 15) is 4.79 Å². The predicted molar refractivity (Wildman–Crippen MR) is 77.4 cm³/mol. The third-order valence-electron chi connectivity index (χ3n) is 2.88. The molecular weight excluding hydrogens is 268 g/mol. The van der Waals surface area contributed by atoms with Crippen molar-refractivity contribution in [2.24, 2.45) is 7.05 Å². The Labute approximate surface area is 122 Å². The number of carbonyl (C=O) groups is 1. The van der Waals surface area contributed by atoms with E-state index in [-0.39, 0.29) is 12.5 Å². The molecule has 0 bridgehead atoms. The zero-order chi connectivity index (χ0) is 15.1. The number of hydrogen-bond acceptors (Lipinski definition) is 4. The molecule has 0 unspecified atom stereocenters. The highest BCUT2D eigenvalue weighted by atomic mass is 16.2. The summed E-state index contributed by atoms with van der Waals surface area (Å²) >= 11 is 0. The fourth-order valence-corrected chi connectivity index (χ4v) is 1.80. The topological polar surface area (TPSA) is 80.0 Å². The van der Waals surface area contributed by atoms with Crippen LogP contribution in [0.4, 0.5) is 0 Å². The first kappa shape index (κ1) is 14.8. The summed E-state index contributed by atoms with van der Waals surface area (Å²) in [7, 11) is 1.86. The van der Waals surface area contributed by atoms with E-state index in [2.05, 4.69) is 27.4 Å². The molecule has 0 fully saturated rings. The maximum Gasteiger partial charge on any atom is 0.251 e. The Hall–Kier alpha value is -2.65. The summed E-state index contributed by atoms with van der Waals surface area (Å²) in [6.07, 6.45) is 2.24. The summed E-state index contributed by atoms with van der Waals surface area (Å²) in [5, 5.41) is 19.2. The summed E-state index contributed by atoms with van der Waals surface area (Å²) in [5.41, 5.74) is 1.24. The van der Waals surface area contributed by atoms with Crippen LogP contribution in [0.15, 0.2) is 30.6 Å². The van der Waals surface area contributed by atoms with Gasteiger partial charge in [-0.3, -0.25) is 4.79 Å². The lowest BCUT2D eigenvalue weighted by Crippen LogP contribution is -2.26. The molecule has 0 radical (unpaired) electrons. The van der Waals surface area contributed by atoms with E-state index < -0.39 is 0 Å². The normalized spacial score (nSPS) is 9.81. The fraction of sp³-hybridized carbons (Fsp3) is 0.267. The quantitative estimate of drug-likeness (QED) is 0.782. The molecule has 0 saturated heterocycles. The number of aliphatic hydroxyl groups is 1. The molecule has 0 atom stereocenters. The standard InChI is InChI=1S/C15H16N4O2/c1-19-11-17-18-14(19)7-8-16-15(21)13-6-2-4-12(10-13)5-3-9-20/h2,4,6,10-11,20H,7-9H2,1H3,(H,16,21). The van der Waals surface area contributed by atoms with Crippen LogP contribution in [0, 0.1) is 11.8 Å². The molecule has 0 aliphatic heterocycles. The van der Waals surface area contributed by atoms with Gasteiger partial charge in [-0.25, -0.2) is 0 Å². The summed E-state index contributed by atoms with van der Waals surface area (Å²) in [6.45, 7) is 0.284. The Balaban J connectivity index is 1.92. The Morgan fingerprint density at radius 3 is 3.05 bits per heavy atom. The van der Waals surface area contributed by atoms with Gasteiger partial charge in [0.05, 0.1) is 0 Å². The largest absolute Gasteiger partial charge is 0.384 e. The molecule has 1 aromatic carbocycles. The van der Waals surface area contributed by atoms with Gasteiger partial charge >= 0.3 is 0 Å². The van der Waals surface area contributed by atoms with Crippen molar-refractivity contribution < 1.29 is 9.90 Å². The minimum absolute atomic E-state index is 0.162. The molecule has 1 amide bonds. The molecule has 1 aromatic heterocycles. The average molecular weight is 284 g/mol. The number of aliphatic hydroxyl groups excluding tert-OH is 1. The number of rotatable bonds is 4. The Morgan fingerprint density at radius 2 is 2.33 bits per heavy atom. The molecule has 2 aromatic rings. The van der Waals surface area contributed by atoms with E-state index in [1.807, 2.05) is 11.6 Å². The minimum atomic E-state index is -0.200. The first-order valence-electron chi connectivity index (χ1n) is 6.51. The van der Waals surface area contributed by atoms with Gasteiger partial charge < -0.3 is 15.0 Å². The molecule has 0 spiro atoms. The summed E-state index contributed by atoms with van der Waals surface area (Å²) in [4.78, 5) is 12.0. The number of nitrogens with one attached hydrogen (secondary N) is 1. The smallest absolute Gasteiger partial charge is 0.251 e. The van der Waals surface area contributed by atoms with Crippen molar-refractivity contribution in [2.45, 2.75) is 6.42 Å². The highest BCUT2D eigenvalue weighted by Crippen LogP contribution is 2.04. The number of benzene rings is 1. The van der Waals surface area contributed by atoms with Crippen LogP contribution in [-0.2, 0) is 13.5 Å². The van der Waals surface area contributed by atoms with Crippen molar-refractivity contribution in [2.75, 3.05) is 13.2 Å². The molecule has 2 rings (SSSR count). The maximum absolute atomic E-state index is 12.0. The van der Waals surface area contributed by atoms with Crippen LogP contribution in [0.25, 0.3) is 0 Å². The van der Waals surface area contributed by atoms with Crippen LogP contribution in [0.5, 0.6) is 0 Å². The van der Waals surface area contributed by atoms with Gasteiger partial charge in [-0.05, 0) is 18.2 Å². The maximum atomic E-state index is 12.0. The summed E-state index contributed by atoms with van der Waals surface area (Å²) in [6, 6.07) is 6.97. The van der Waals surface area contributed by atoms with Gasteiger partial charge in [0, 0.05) is 31.1 Å². The van der Waals surface area contributed by atoms with Crippen LogP contribution < -0.4 is 5.32 Å². The van der Waals surface area contributed by atoms with E-state index in [1.54, 1.807) is 30.6 Å². The number of hydrogen-bond donors (Lipinski definition) is 2. The van der Waals surface area contributed by atoms with E-state index in [1.165, 1.54) is 0 Å². The second-order valence-corrected chi connectivity index (χ2v) is 4.40. The molecule has 108 valence electrons. The molecular formula is C15H16N4O2. The van der Waals surface area contributed by atoms with Gasteiger partial charge in [0.2, 0.25) is 0 Å². The molecule has 0 aliphatic carbocycles. The number of aryl methyl sites for hydroxylation is 1. The van der Waals surface area contributed by atoms with Crippen LogP contribution in [0.3, 0.4) is 0 Å². The fourth-order valence-electron chi connectivity index (χ4n) is 1.80. The van der Waals surface area contributed by atoms with Crippen molar-refractivity contribution in [3.05, 3.63) is 47.5 Å². The molecule has 6 nitrogen and oxygen atoms in total. The molecule has 0 aliphatic rings. The van der Waals surface area contributed by atoms with Gasteiger partial charge in [-0.2, -0.15) is 0 Å². The molecule has 1 heterocycles. The zero-order valence-electron chi connectivity index (χ0n) is 11.7. The summed E-state index contributed by atoms with van der Waals surface area (Å²) in [5.74, 6) is 5.98. The Bertz CT molecular complexity index is 682. The monoisotopic (exact) mass is 284 g/mol. The lowest BCUT2D eigenvalue weighted by atomic mass is 10.1. The second kappa shape index (κ2) is 7.22. The summed E-state index contributed by atoms with van der Waals surface area (Å²) < 4.78 is 1.82. The van der Waals surface area contributed by atoms with Crippen molar-refractivity contribution in [1.82, 2.24) is 20.1 Å². The van der Waals surface area contributed by atoms with E-state index in [0.717, 1.165) is 5.82 Å². The number of aromatic nitrogens is 3. The van der Waals surface area contributed by atoms with Crippen molar-refractivity contribution in [3.8, 4) is 11.8 Å². The highest BCUT2D eigenvalue weighted by Gasteiger charge is 2.06. The van der Waals surface area contributed by atoms with E-state index in [4.69, 9.17) is 5.11 Å². The van der Waals surface area contributed by atoms with E-state index in [0.29, 0.717) is 24.1 Å². The molecule has 6 heteroatoms. The lowest BCUT2D eigenvalue weighted by molar-refractivity contribution is 0.0954. The van der Waals surface area contributed by atoms with Gasteiger partial charge in [0.25, 0.3) is 5.91 Å². The van der Waals surface area contributed by atoms with Gasteiger partial charge in [-0.1, -0.05) is 17.9 Å². The van der Waals surface area contributed by atoms with Gasteiger partial charge in [0.15, 0.2) is 0 Å². The predicted octanol–water partition coefficient (Wildman–Crippen LogP) is 0.131. The lowest BCUT2D eigenvalue weighted by Gasteiger charge is -2.05. The van der Waals surface area contributed by atoms with Crippen molar-refractivity contribution >= 4 is 5.91 Å². The Kier molecular flexibility index (Phi) is 5.07. The molecule has 2 N–H and O–H groups in total. The van der Waals surface area contributed by atoms with Crippen LogP contribution in [0.2, 0.25) is 0 Å². The molecule has 0 saturated carbocycles. The van der Waals surface area contributed by atoms with Crippen LogP contribution in [-0.4, -0.2) is 38.9 Å². The third kappa shape index (κ3) is 4.16. The van der Waals surface area contributed by atoms with Crippen molar-refractivity contribution in [1.29, 1.82) is 0 Å². The van der Waals surface area contributed by atoms with E-state index >= 15 is 0 Å². The second-order valence-electron chi connectivity index (χ2n) is 4.40. The van der Waals surface area contributed by atoms with Crippen LogP contribution in [0.1, 0.15) is 21.7 Å². The number of nitrogens with zero attached hydrogens (tertiary/aromatic N) is 3. The Morgan fingerprint density at radius 1 is 1.48 bits per heavy atom. The van der Waals surface area contributed by atoms with Crippen molar-refractivity contribution in [3.63, 3.8) is 0 Å². The first-order chi connectivity index (χ1) is 10.2. The van der Waals surface area contributed by atoms with Gasteiger partial charge in [0.1, 0.15) is 18.8 Å².